The number of hydrogen-bond donors (Lipinski definition) is 1. The van der Waals surface area contributed by atoms with Crippen LogP contribution in [-0.2, 0) is 4.74 Å². The van der Waals surface area contributed by atoms with E-state index in [2.05, 4.69) is 11.6 Å². The van der Waals surface area contributed by atoms with E-state index < -0.39 is 0 Å². The van der Waals surface area contributed by atoms with Crippen LogP contribution in [0.25, 0.3) is 0 Å². The smallest absolute Gasteiger partial charge is 0.161 e. The molecule has 0 aromatic heterocycles. The molecule has 0 bridgehead atoms. The second kappa shape index (κ2) is 7.09. The molecule has 2 N–H and O–H groups in total. The fourth-order valence-corrected chi connectivity index (χ4v) is 1.37. The Morgan fingerprint density at radius 1 is 1.47 bits per heavy atom. The Hall–Kier alpha value is -1.26. The quantitative estimate of drug-likeness (QED) is 0.274. The minimum Gasteiger partial charge on any atom is -0.378 e. The third-order valence-corrected chi connectivity index (χ3v) is 2.19. The molecule has 80 valence electrons. The highest BCUT2D eigenvalue weighted by atomic mass is 32.2. The monoisotopic (exact) mass is 222 g/mol. The van der Waals surface area contributed by atoms with Crippen LogP contribution in [0, 0.1) is 0 Å². The van der Waals surface area contributed by atoms with Crippen LogP contribution in [-0.4, -0.2) is 17.7 Å². The van der Waals surface area contributed by atoms with Crippen molar-refractivity contribution in [1.29, 1.82) is 0 Å². The Kier molecular flexibility index (Phi) is 5.58. The van der Waals surface area contributed by atoms with Gasteiger partial charge in [-0.05, 0) is 12.1 Å². The molecule has 4 heteroatoms. The normalized spacial score (nSPS) is 11.3. The maximum Gasteiger partial charge on any atom is 0.161 e. The van der Waals surface area contributed by atoms with Crippen molar-refractivity contribution in [2.24, 2.45) is 10.7 Å². The molecule has 0 fully saturated rings. The number of aliphatic imine (C=N–C) groups is 1. The molecule has 0 aliphatic carbocycles. The van der Waals surface area contributed by atoms with Gasteiger partial charge in [0.2, 0.25) is 0 Å². The minimum atomic E-state index is 0.494. The first-order valence-electron chi connectivity index (χ1n) is 4.53. The van der Waals surface area contributed by atoms with Crippen LogP contribution in [0.1, 0.15) is 0 Å². The van der Waals surface area contributed by atoms with Gasteiger partial charge in [0.25, 0.3) is 0 Å². The van der Waals surface area contributed by atoms with E-state index in [0.29, 0.717) is 17.7 Å². The Morgan fingerprint density at radius 3 is 2.87 bits per heavy atom. The van der Waals surface area contributed by atoms with Crippen molar-refractivity contribution in [1.82, 2.24) is 0 Å². The first-order chi connectivity index (χ1) is 7.33. The molecule has 0 saturated carbocycles. The molecule has 0 unspecified atom stereocenters. The van der Waals surface area contributed by atoms with Gasteiger partial charge in [0.15, 0.2) is 5.17 Å². The van der Waals surface area contributed by atoms with E-state index in [0.717, 1.165) is 5.69 Å². The Balaban J connectivity index is 2.36. The number of para-hydroxylation sites is 1. The maximum atomic E-state index is 5.70. The van der Waals surface area contributed by atoms with Crippen LogP contribution in [0.2, 0.25) is 0 Å². The first-order valence-corrected chi connectivity index (χ1v) is 5.52. The number of thioether (sulfide) groups is 1. The Labute approximate surface area is 94.0 Å². The number of hydrogen-bond acceptors (Lipinski definition) is 3. The summed E-state index contributed by atoms with van der Waals surface area (Å²) in [5, 5.41) is 0.505. The number of nitrogens with two attached hydrogens (primary N) is 1. The SMILES string of the molecule is C=CCOCSC(N)=Nc1ccccc1. The van der Waals surface area contributed by atoms with E-state index >= 15 is 0 Å². The van der Waals surface area contributed by atoms with Gasteiger partial charge in [-0.1, -0.05) is 36.0 Å². The minimum absolute atomic E-state index is 0.494. The molecule has 0 spiro atoms. The second-order valence-electron chi connectivity index (χ2n) is 2.71. The third kappa shape index (κ3) is 5.24. The highest BCUT2D eigenvalue weighted by Crippen LogP contribution is 2.12. The molecule has 1 aromatic carbocycles. The first kappa shape index (κ1) is 11.8. The molecule has 0 aliphatic heterocycles. The predicted octanol–water partition coefficient (Wildman–Crippen LogP) is 2.53. The van der Waals surface area contributed by atoms with E-state index in [-0.39, 0.29) is 0 Å². The Morgan fingerprint density at radius 2 is 2.20 bits per heavy atom. The molecule has 15 heavy (non-hydrogen) atoms. The van der Waals surface area contributed by atoms with Crippen molar-refractivity contribution in [3.63, 3.8) is 0 Å². The van der Waals surface area contributed by atoms with Crippen LogP contribution in [0.4, 0.5) is 5.69 Å². The Bertz CT molecular complexity index is 325. The topological polar surface area (TPSA) is 47.6 Å². The molecule has 1 aromatic rings. The molecule has 0 saturated heterocycles. The van der Waals surface area contributed by atoms with Gasteiger partial charge in [-0.3, -0.25) is 0 Å². The summed E-state index contributed by atoms with van der Waals surface area (Å²) in [6.07, 6.45) is 1.70. The summed E-state index contributed by atoms with van der Waals surface area (Å²) < 4.78 is 5.18. The van der Waals surface area contributed by atoms with E-state index in [1.54, 1.807) is 6.08 Å². The highest BCUT2D eigenvalue weighted by molar-refractivity contribution is 8.13. The summed E-state index contributed by atoms with van der Waals surface area (Å²) in [6.45, 7) is 4.08. The van der Waals surface area contributed by atoms with Gasteiger partial charge in [-0.2, -0.15) is 0 Å². The molecular weight excluding hydrogens is 208 g/mol. The number of rotatable bonds is 5. The molecule has 3 nitrogen and oxygen atoms in total. The molecule has 0 radical (unpaired) electrons. The lowest BCUT2D eigenvalue weighted by atomic mass is 10.3. The number of nitrogens with zero attached hydrogens (tertiary/aromatic N) is 1. The zero-order valence-electron chi connectivity index (χ0n) is 8.43. The van der Waals surface area contributed by atoms with Crippen LogP contribution >= 0.6 is 11.8 Å². The zero-order valence-corrected chi connectivity index (χ0v) is 9.24. The van der Waals surface area contributed by atoms with Gasteiger partial charge in [-0.15, -0.1) is 6.58 Å². The number of ether oxygens (including phenoxy) is 1. The van der Waals surface area contributed by atoms with Crippen LogP contribution in [0.15, 0.2) is 48.0 Å². The standard InChI is InChI=1S/C11H14N2OS/c1-2-8-14-9-15-11(12)13-10-6-4-3-5-7-10/h2-7H,1,8-9H2,(H2,12,13). The van der Waals surface area contributed by atoms with Crippen molar-refractivity contribution in [2.75, 3.05) is 12.5 Å². The number of benzene rings is 1. The summed E-state index contributed by atoms with van der Waals surface area (Å²) in [7, 11) is 0. The number of amidine groups is 1. The van der Waals surface area contributed by atoms with Gasteiger partial charge in [0, 0.05) is 0 Å². The van der Waals surface area contributed by atoms with Crippen molar-refractivity contribution in [2.45, 2.75) is 0 Å². The van der Waals surface area contributed by atoms with E-state index in [1.807, 2.05) is 30.3 Å². The fraction of sp³-hybridized carbons (Fsp3) is 0.182. The second-order valence-corrected chi connectivity index (χ2v) is 3.65. The van der Waals surface area contributed by atoms with E-state index in [9.17, 15) is 0 Å². The lowest BCUT2D eigenvalue weighted by Gasteiger charge is -2.00. The van der Waals surface area contributed by atoms with Crippen molar-refractivity contribution >= 4 is 22.6 Å². The summed E-state index contributed by atoms with van der Waals surface area (Å²) in [6, 6.07) is 9.58. The van der Waals surface area contributed by atoms with Crippen molar-refractivity contribution in [3.8, 4) is 0 Å². The van der Waals surface area contributed by atoms with Crippen molar-refractivity contribution < 1.29 is 4.74 Å². The van der Waals surface area contributed by atoms with Gasteiger partial charge >= 0.3 is 0 Å². The zero-order chi connectivity index (χ0) is 10.9. The van der Waals surface area contributed by atoms with Gasteiger partial charge in [0.1, 0.15) is 5.94 Å². The lowest BCUT2D eigenvalue weighted by Crippen LogP contribution is -2.07. The molecule has 0 aliphatic rings. The summed E-state index contributed by atoms with van der Waals surface area (Å²) in [5.41, 5.74) is 6.55. The highest BCUT2D eigenvalue weighted by Gasteiger charge is 1.94. The molecule has 0 amide bonds. The van der Waals surface area contributed by atoms with Gasteiger partial charge in [0.05, 0.1) is 12.3 Å². The third-order valence-electron chi connectivity index (χ3n) is 1.52. The van der Waals surface area contributed by atoms with Gasteiger partial charge in [-0.25, -0.2) is 4.99 Å². The average Bonchev–Trinajstić information content (AvgIpc) is 2.26. The maximum absolute atomic E-state index is 5.70. The molecule has 1 rings (SSSR count). The van der Waals surface area contributed by atoms with E-state index in [4.69, 9.17) is 10.5 Å². The summed E-state index contributed by atoms with van der Waals surface area (Å²) in [4.78, 5) is 4.21. The molecular formula is C11H14N2OS. The van der Waals surface area contributed by atoms with Crippen LogP contribution in [0.3, 0.4) is 0 Å². The molecule has 0 atom stereocenters. The summed E-state index contributed by atoms with van der Waals surface area (Å²) in [5.74, 6) is 0.494. The predicted molar refractivity (Wildman–Crippen MR) is 66.3 cm³/mol. The van der Waals surface area contributed by atoms with Gasteiger partial charge < -0.3 is 10.5 Å². The fourth-order valence-electron chi connectivity index (χ4n) is 0.896. The summed E-state index contributed by atoms with van der Waals surface area (Å²) >= 11 is 1.37. The van der Waals surface area contributed by atoms with Crippen LogP contribution in [0.5, 0.6) is 0 Å². The average molecular weight is 222 g/mol. The van der Waals surface area contributed by atoms with Crippen LogP contribution < -0.4 is 5.73 Å². The van der Waals surface area contributed by atoms with Crippen molar-refractivity contribution in [3.05, 3.63) is 43.0 Å². The van der Waals surface area contributed by atoms with E-state index in [1.165, 1.54) is 11.8 Å². The largest absolute Gasteiger partial charge is 0.378 e. The molecule has 0 heterocycles. The lowest BCUT2D eigenvalue weighted by molar-refractivity contribution is 0.217.